The number of hydrogen-bond acceptors (Lipinski definition) is 3. The molecule has 0 aliphatic rings. The first-order valence-electron chi connectivity index (χ1n) is 5.56. The molecule has 0 bridgehead atoms. The molecule has 0 aromatic rings. The molecule has 0 rings (SSSR count). The first-order chi connectivity index (χ1) is 7.47. The van der Waals surface area contributed by atoms with Gasteiger partial charge in [-0.15, -0.1) is 0 Å². The van der Waals surface area contributed by atoms with E-state index in [1.54, 1.807) is 14.0 Å². The van der Waals surface area contributed by atoms with E-state index >= 15 is 0 Å². The number of carbonyl (C=O) groups excluding carboxylic acids is 2. The van der Waals surface area contributed by atoms with Crippen molar-refractivity contribution in [3.63, 3.8) is 0 Å². The minimum Gasteiger partial charge on any atom is -0.357 e. The van der Waals surface area contributed by atoms with Gasteiger partial charge >= 0.3 is 0 Å². The Morgan fingerprint density at radius 2 is 1.69 bits per heavy atom. The molecule has 0 heterocycles. The summed E-state index contributed by atoms with van der Waals surface area (Å²) in [6.07, 6.45) is 1.34. The average molecular weight is 231 g/mol. The molecule has 0 saturated heterocycles. The van der Waals surface area contributed by atoms with Gasteiger partial charge in [0, 0.05) is 13.5 Å². The lowest BCUT2D eigenvalue weighted by Crippen LogP contribution is -2.43. The highest BCUT2D eigenvalue weighted by Crippen LogP contribution is 2.02. The van der Waals surface area contributed by atoms with Crippen molar-refractivity contribution in [2.45, 2.75) is 39.7 Å². The molecule has 5 heteroatoms. The number of rotatable bonds is 5. The third-order valence-corrected chi connectivity index (χ3v) is 1.97. The van der Waals surface area contributed by atoms with Gasteiger partial charge in [0.05, 0.1) is 0 Å². The summed E-state index contributed by atoms with van der Waals surface area (Å²) in [5, 5.41) is 5.12. The van der Waals surface area contributed by atoms with E-state index in [-0.39, 0.29) is 11.8 Å². The van der Waals surface area contributed by atoms with Crippen LogP contribution < -0.4 is 16.4 Å². The van der Waals surface area contributed by atoms with Gasteiger partial charge in [-0.1, -0.05) is 13.8 Å². The van der Waals surface area contributed by atoms with Crippen molar-refractivity contribution in [3.8, 4) is 0 Å². The molecule has 16 heavy (non-hydrogen) atoms. The molecule has 0 saturated carbocycles. The second kappa shape index (κ2) is 10.4. The van der Waals surface area contributed by atoms with E-state index in [4.69, 9.17) is 0 Å². The Balaban J connectivity index is 0. The smallest absolute Gasteiger partial charge is 0.242 e. The van der Waals surface area contributed by atoms with Crippen LogP contribution in [0.1, 0.15) is 33.6 Å². The fraction of sp³-hybridized carbons (Fsp3) is 0.818. The molecular weight excluding hydrogens is 206 g/mol. The largest absolute Gasteiger partial charge is 0.357 e. The average Bonchev–Trinajstić information content (AvgIpc) is 2.27. The van der Waals surface area contributed by atoms with Crippen LogP contribution in [0.25, 0.3) is 0 Å². The molecule has 0 fully saturated rings. The Labute approximate surface area is 98.2 Å². The second-order valence-electron chi connectivity index (χ2n) is 3.84. The zero-order valence-electron chi connectivity index (χ0n) is 11.0. The van der Waals surface area contributed by atoms with E-state index in [0.717, 1.165) is 6.42 Å². The van der Waals surface area contributed by atoms with Crippen molar-refractivity contribution >= 4 is 11.8 Å². The van der Waals surface area contributed by atoms with E-state index in [1.807, 2.05) is 0 Å². The van der Waals surface area contributed by atoms with Crippen LogP contribution in [-0.2, 0) is 9.59 Å². The summed E-state index contributed by atoms with van der Waals surface area (Å²) >= 11 is 0. The molecule has 4 N–H and O–H groups in total. The second-order valence-corrected chi connectivity index (χ2v) is 3.84. The minimum absolute atomic E-state index is 0.0604. The number of likely N-dealkylation sites (N-methyl/N-ethyl adjacent to an activating group) is 1. The number of nitrogens with one attached hydrogen (secondary N) is 2. The fourth-order valence-corrected chi connectivity index (χ4v) is 1.02. The van der Waals surface area contributed by atoms with Crippen molar-refractivity contribution in [2.75, 3.05) is 14.1 Å². The summed E-state index contributed by atoms with van der Waals surface area (Å²) in [5.41, 5.74) is 4.50. The monoisotopic (exact) mass is 231 g/mol. The Kier molecular flexibility index (Phi) is 11.3. The first kappa shape index (κ1) is 17.3. The lowest BCUT2D eigenvalue weighted by atomic mass is 10.1. The van der Waals surface area contributed by atoms with Gasteiger partial charge in [-0.2, -0.15) is 0 Å². The molecule has 2 amide bonds. The van der Waals surface area contributed by atoms with Crippen LogP contribution in [0.2, 0.25) is 0 Å². The Bertz CT molecular complexity index is 205. The molecule has 96 valence electrons. The van der Waals surface area contributed by atoms with Crippen molar-refractivity contribution in [2.24, 2.45) is 11.7 Å². The van der Waals surface area contributed by atoms with Crippen LogP contribution in [0, 0.1) is 5.92 Å². The third-order valence-electron chi connectivity index (χ3n) is 1.97. The van der Waals surface area contributed by atoms with Gasteiger partial charge in [0.25, 0.3) is 0 Å². The van der Waals surface area contributed by atoms with Crippen LogP contribution in [-0.4, -0.2) is 32.0 Å². The highest BCUT2D eigenvalue weighted by atomic mass is 16.2. The van der Waals surface area contributed by atoms with E-state index in [0.29, 0.717) is 12.3 Å². The first-order valence-corrected chi connectivity index (χ1v) is 5.56. The van der Waals surface area contributed by atoms with Crippen molar-refractivity contribution < 1.29 is 9.59 Å². The van der Waals surface area contributed by atoms with Gasteiger partial charge in [0.1, 0.15) is 6.04 Å². The van der Waals surface area contributed by atoms with Gasteiger partial charge in [-0.25, -0.2) is 0 Å². The van der Waals surface area contributed by atoms with Crippen molar-refractivity contribution in [1.82, 2.24) is 10.6 Å². The van der Waals surface area contributed by atoms with Crippen LogP contribution in [0.15, 0.2) is 0 Å². The summed E-state index contributed by atoms with van der Waals surface area (Å²) in [6, 6.07) is -0.445. The lowest BCUT2D eigenvalue weighted by Gasteiger charge is -2.12. The van der Waals surface area contributed by atoms with Crippen LogP contribution in [0.4, 0.5) is 0 Å². The van der Waals surface area contributed by atoms with E-state index < -0.39 is 6.04 Å². The number of carbonyl (C=O) groups is 2. The molecule has 1 atom stereocenters. The van der Waals surface area contributed by atoms with Crippen LogP contribution in [0.3, 0.4) is 0 Å². The van der Waals surface area contributed by atoms with E-state index in [9.17, 15) is 9.59 Å². The predicted molar refractivity (Wildman–Crippen MR) is 65.9 cm³/mol. The van der Waals surface area contributed by atoms with Gasteiger partial charge < -0.3 is 16.4 Å². The lowest BCUT2D eigenvalue weighted by molar-refractivity contribution is -0.128. The Hall–Kier alpha value is -1.10. The number of hydrogen-bond donors (Lipinski definition) is 3. The Morgan fingerprint density at radius 1 is 1.19 bits per heavy atom. The van der Waals surface area contributed by atoms with E-state index in [1.165, 1.54) is 7.05 Å². The highest BCUT2D eigenvalue weighted by molar-refractivity contribution is 5.86. The summed E-state index contributed by atoms with van der Waals surface area (Å²) in [7, 11) is 3.05. The number of amides is 2. The third kappa shape index (κ3) is 9.45. The van der Waals surface area contributed by atoms with Crippen LogP contribution >= 0.6 is 0 Å². The molecular formula is C11H25N3O2. The zero-order valence-corrected chi connectivity index (χ0v) is 11.0. The Morgan fingerprint density at radius 3 is 2.06 bits per heavy atom. The van der Waals surface area contributed by atoms with Crippen LogP contribution in [0.5, 0.6) is 0 Å². The van der Waals surface area contributed by atoms with Crippen molar-refractivity contribution in [3.05, 3.63) is 0 Å². The summed E-state index contributed by atoms with van der Waals surface area (Å²) in [5.74, 6) is 0.286. The molecule has 0 spiro atoms. The van der Waals surface area contributed by atoms with E-state index in [2.05, 4.69) is 30.2 Å². The van der Waals surface area contributed by atoms with Gasteiger partial charge in [0.15, 0.2) is 0 Å². The molecule has 0 aliphatic carbocycles. The summed E-state index contributed by atoms with van der Waals surface area (Å²) in [6.45, 7) is 5.80. The maximum Gasteiger partial charge on any atom is 0.242 e. The fourth-order valence-electron chi connectivity index (χ4n) is 1.02. The highest BCUT2D eigenvalue weighted by Gasteiger charge is 2.13. The number of nitrogens with two attached hydrogens (primary N) is 1. The van der Waals surface area contributed by atoms with Gasteiger partial charge in [-0.05, 0) is 26.3 Å². The van der Waals surface area contributed by atoms with Gasteiger partial charge in [0.2, 0.25) is 11.8 Å². The molecule has 0 aromatic heterocycles. The topological polar surface area (TPSA) is 84.2 Å². The molecule has 0 aliphatic heterocycles. The normalized spacial score (nSPS) is 11.2. The molecule has 0 radical (unpaired) electrons. The maximum atomic E-state index is 11.3. The minimum atomic E-state index is -0.445. The summed E-state index contributed by atoms with van der Waals surface area (Å²) in [4.78, 5) is 22.3. The van der Waals surface area contributed by atoms with Crippen molar-refractivity contribution in [1.29, 1.82) is 0 Å². The zero-order chi connectivity index (χ0) is 13.1. The standard InChI is InChI=1S/C10H20N2O2.CH5N/c1-7(2)5-6-9(13)12-8(3)10(14)11-4;1-2/h7-8H,5-6H2,1-4H3,(H,11,14)(H,12,13);2H2,1H3. The summed E-state index contributed by atoms with van der Waals surface area (Å²) < 4.78 is 0. The predicted octanol–water partition coefficient (Wildman–Crippen LogP) is 0.248. The molecule has 5 nitrogen and oxygen atoms in total. The maximum absolute atomic E-state index is 11.3. The van der Waals surface area contributed by atoms with Gasteiger partial charge in [-0.3, -0.25) is 9.59 Å². The molecule has 0 aromatic carbocycles. The molecule has 1 unspecified atom stereocenters. The quantitative estimate of drug-likeness (QED) is 0.634. The SMILES string of the molecule is CN.CNC(=O)C(C)NC(=O)CCC(C)C.